The number of aromatic nitrogens is 2. The van der Waals surface area contributed by atoms with Crippen molar-refractivity contribution in [3.8, 4) is 0 Å². The van der Waals surface area contributed by atoms with E-state index in [0.29, 0.717) is 11.4 Å². The third-order valence-corrected chi connectivity index (χ3v) is 6.66. The van der Waals surface area contributed by atoms with Crippen LogP contribution in [0.3, 0.4) is 0 Å². The summed E-state index contributed by atoms with van der Waals surface area (Å²) in [5.41, 5.74) is 3.69. The molecule has 0 saturated heterocycles. The Morgan fingerprint density at radius 1 is 1.00 bits per heavy atom. The van der Waals surface area contributed by atoms with Gasteiger partial charge in [0.25, 0.3) is 5.91 Å². The van der Waals surface area contributed by atoms with Crippen molar-refractivity contribution in [2.75, 3.05) is 24.3 Å². The lowest BCUT2D eigenvalue weighted by molar-refractivity contribution is -0.115. The van der Waals surface area contributed by atoms with Crippen LogP contribution in [0.15, 0.2) is 72.8 Å². The molecule has 1 aliphatic carbocycles. The van der Waals surface area contributed by atoms with Crippen molar-refractivity contribution < 1.29 is 9.59 Å². The van der Waals surface area contributed by atoms with Gasteiger partial charge < -0.3 is 15.5 Å². The number of H-pyrrole nitrogens is 1. The molecule has 1 aromatic heterocycles. The zero-order valence-corrected chi connectivity index (χ0v) is 19.9. The van der Waals surface area contributed by atoms with Crippen LogP contribution < -0.4 is 15.5 Å². The molecule has 35 heavy (non-hydrogen) atoms. The van der Waals surface area contributed by atoms with Crippen molar-refractivity contribution in [1.82, 2.24) is 15.5 Å². The minimum atomic E-state index is -0.0987. The number of anilines is 2. The quantitative estimate of drug-likeness (QED) is 0.374. The van der Waals surface area contributed by atoms with Crippen LogP contribution in [0.1, 0.15) is 40.4 Å². The molecule has 178 valence electrons. The smallest absolute Gasteiger partial charge is 0.251 e. The molecule has 5 rings (SSSR count). The number of rotatable bonds is 7. The summed E-state index contributed by atoms with van der Waals surface area (Å²) in [6.45, 7) is 0. The molecule has 3 N–H and O–H groups in total. The zero-order chi connectivity index (χ0) is 24.4. The maximum absolute atomic E-state index is 12.6. The van der Waals surface area contributed by atoms with Crippen molar-refractivity contribution in [3.63, 3.8) is 0 Å². The van der Waals surface area contributed by atoms with Crippen LogP contribution in [0.25, 0.3) is 10.8 Å². The summed E-state index contributed by atoms with van der Waals surface area (Å²) >= 11 is 0. The molecule has 0 atom stereocenters. The fourth-order valence-electron chi connectivity index (χ4n) is 4.59. The Bertz CT molecular complexity index is 1350. The van der Waals surface area contributed by atoms with Crippen LogP contribution >= 0.6 is 0 Å². The number of nitrogens with one attached hydrogen (secondary N) is 3. The minimum Gasteiger partial charge on any atom is -0.378 e. The van der Waals surface area contributed by atoms with Crippen molar-refractivity contribution in [1.29, 1.82) is 0 Å². The molecule has 0 radical (unpaired) electrons. The van der Waals surface area contributed by atoms with Crippen LogP contribution in [0.4, 0.5) is 11.5 Å². The normalized spacial score (nSPS) is 17.0. The van der Waals surface area contributed by atoms with Crippen LogP contribution in [0.5, 0.6) is 0 Å². The Kier molecular flexibility index (Phi) is 6.23. The van der Waals surface area contributed by atoms with Crippen molar-refractivity contribution in [3.05, 3.63) is 89.6 Å². The second-order valence-corrected chi connectivity index (χ2v) is 9.35. The van der Waals surface area contributed by atoms with Crippen molar-refractivity contribution >= 4 is 34.1 Å². The molecule has 1 saturated carbocycles. The van der Waals surface area contributed by atoms with Gasteiger partial charge >= 0.3 is 0 Å². The molecular weight excluding hydrogens is 438 g/mol. The predicted molar refractivity (Wildman–Crippen MR) is 139 cm³/mol. The third-order valence-electron chi connectivity index (χ3n) is 6.66. The highest BCUT2D eigenvalue weighted by Gasteiger charge is 2.33. The van der Waals surface area contributed by atoms with E-state index in [4.69, 9.17) is 0 Å². The van der Waals surface area contributed by atoms with Gasteiger partial charge in [0.2, 0.25) is 5.91 Å². The molecule has 0 unspecified atom stereocenters. The monoisotopic (exact) mass is 467 g/mol. The van der Waals surface area contributed by atoms with Gasteiger partial charge in [-0.15, -0.1) is 0 Å². The highest BCUT2D eigenvalue weighted by Crippen LogP contribution is 2.36. The molecule has 3 aromatic carbocycles. The van der Waals surface area contributed by atoms with Crippen LogP contribution in [0, 0.1) is 0 Å². The number of benzene rings is 3. The van der Waals surface area contributed by atoms with E-state index in [9.17, 15) is 9.59 Å². The number of hydrogen-bond acceptors (Lipinski definition) is 4. The lowest BCUT2D eigenvalue weighted by Crippen LogP contribution is -2.43. The van der Waals surface area contributed by atoms with Crippen molar-refractivity contribution in [2.24, 2.45) is 0 Å². The summed E-state index contributed by atoms with van der Waals surface area (Å²) in [5.74, 6) is 0.662. The number of hydrogen-bond donors (Lipinski definition) is 3. The summed E-state index contributed by atoms with van der Waals surface area (Å²) in [4.78, 5) is 27.2. The van der Waals surface area contributed by atoms with Crippen LogP contribution in [-0.2, 0) is 11.2 Å². The van der Waals surface area contributed by atoms with E-state index in [-0.39, 0.29) is 30.2 Å². The Morgan fingerprint density at radius 2 is 1.74 bits per heavy atom. The Morgan fingerprint density at radius 3 is 2.51 bits per heavy atom. The average Bonchev–Trinajstić information content (AvgIpc) is 3.28. The topological polar surface area (TPSA) is 90.1 Å². The number of aromatic amines is 1. The van der Waals surface area contributed by atoms with Crippen molar-refractivity contribution in [2.45, 2.75) is 31.2 Å². The van der Waals surface area contributed by atoms with E-state index in [0.717, 1.165) is 40.6 Å². The number of amides is 2. The average molecular weight is 468 g/mol. The van der Waals surface area contributed by atoms with Gasteiger partial charge in [-0.1, -0.05) is 42.5 Å². The van der Waals surface area contributed by atoms with Gasteiger partial charge in [-0.3, -0.25) is 14.7 Å². The molecule has 4 aromatic rings. The highest BCUT2D eigenvalue weighted by atomic mass is 16.2. The first-order chi connectivity index (χ1) is 17.0. The Balaban J connectivity index is 1.12. The van der Waals surface area contributed by atoms with E-state index in [1.54, 1.807) is 0 Å². The number of fused-ring (bicyclic) bond motifs is 1. The summed E-state index contributed by atoms with van der Waals surface area (Å²) in [6, 6.07) is 23.7. The first-order valence-corrected chi connectivity index (χ1v) is 11.9. The summed E-state index contributed by atoms with van der Waals surface area (Å²) < 4.78 is 0. The van der Waals surface area contributed by atoms with Gasteiger partial charge in [0.15, 0.2) is 5.82 Å². The maximum atomic E-state index is 12.6. The van der Waals surface area contributed by atoms with Crippen LogP contribution in [0.2, 0.25) is 0 Å². The first-order valence-electron chi connectivity index (χ1n) is 11.9. The second-order valence-electron chi connectivity index (χ2n) is 9.35. The lowest BCUT2D eigenvalue weighted by Gasteiger charge is -2.35. The zero-order valence-electron chi connectivity index (χ0n) is 19.9. The van der Waals surface area contributed by atoms with Gasteiger partial charge in [-0.2, -0.15) is 5.10 Å². The van der Waals surface area contributed by atoms with Gasteiger partial charge in [-0.05, 0) is 53.4 Å². The van der Waals surface area contributed by atoms with Gasteiger partial charge in [0.1, 0.15) is 0 Å². The van der Waals surface area contributed by atoms with Crippen LogP contribution in [-0.4, -0.2) is 42.1 Å². The SMILES string of the molecule is CN(C)c1ccc(C(=O)N[C@H]2C[C@@H](c3cc(NC(=O)Cc4cccc5ccccc45)n[nH]3)C2)cc1. The van der Waals surface area contributed by atoms with E-state index in [1.807, 2.05) is 91.8 Å². The molecule has 0 aliphatic heterocycles. The van der Waals surface area contributed by atoms with E-state index < -0.39 is 0 Å². The fourth-order valence-corrected chi connectivity index (χ4v) is 4.59. The fraction of sp³-hybridized carbons (Fsp3) is 0.250. The third kappa shape index (κ3) is 5.04. The first kappa shape index (κ1) is 22.7. The Labute approximate surface area is 204 Å². The molecule has 1 fully saturated rings. The molecular formula is C28H29N5O2. The summed E-state index contributed by atoms with van der Waals surface area (Å²) in [5, 5.41) is 15.5. The lowest BCUT2D eigenvalue weighted by atomic mass is 9.78. The van der Waals surface area contributed by atoms with E-state index >= 15 is 0 Å². The number of carbonyl (C=O) groups excluding carboxylic acids is 2. The van der Waals surface area contributed by atoms with Gasteiger partial charge in [0, 0.05) is 49.1 Å². The molecule has 1 aliphatic rings. The highest BCUT2D eigenvalue weighted by molar-refractivity contribution is 5.96. The molecule has 0 bridgehead atoms. The molecule has 1 heterocycles. The van der Waals surface area contributed by atoms with Gasteiger partial charge in [0.05, 0.1) is 6.42 Å². The van der Waals surface area contributed by atoms with E-state index in [2.05, 4.69) is 20.8 Å². The summed E-state index contributed by atoms with van der Waals surface area (Å²) in [6.07, 6.45) is 1.97. The Hall–Kier alpha value is -4.13. The maximum Gasteiger partial charge on any atom is 0.251 e. The molecule has 7 nitrogen and oxygen atoms in total. The number of carbonyl (C=O) groups is 2. The largest absolute Gasteiger partial charge is 0.378 e. The van der Waals surface area contributed by atoms with E-state index in [1.165, 1.54) is 0 Å². The molecule has 7 heteroatoms. The minimum absolute atomic E-state index is 0.0512. The van der Waals surface area contributed by atoms with Gasteiger partial charge in [-0.25, -0.2) is 0 Å². The molecule has 2 amide bonds. The predicted octanol–water partition coefficient (Wildman–Crippen LogP) is 4.49. The summed E-state index contributed by atoms with van der Waals surface area (Å²) in [7, 11) is 3.95. The molecule has 0 spiro atoms. The standard InChI is InChI=1S/C28H29N5O2/c1-33(2)23-12-10-19(11-13-23)28(35)29-22-14-21(15-22)25-17-26(32-31-25)30-27(34)16-20-8-5-7-18-6-3-4-9-24(18)20/h3-13,17,21-22H,14-16H2,1-2H3,(H,29,35)(H2,30,31,32,34)/t21-,22+. The number of nitrogens with zero attached hydrogens (tertiary/aromatic N) is 2. The second kappa shape index (κ2) is 9.62.